The predicted molar refractivity (Wildman–Crippen MR) is 147 cm³/mol. The Bertz CT molecular complexity index is 1350. The van der Waals surface area contributed by atoms with E-state index in [4.69, 9.17) is 0 Å². The molecule has 0 fully saturated rings. The molecular formula is C30H31F2N3O2S. The van der Waals surface area contributed by atoms with Gasteiger partial charge in [0.1, 0.15) is 22.3 Å². The molecule has 4 aromatic rings. The molecule has 0 saturated heterocycles. The Kier molecular flexibility index (Phi) is 9.33. The summed E-state index contributed by atoms with van der Waals surface area (Å²) in [6.07, 6.45) is -0.0459. The van der Waals surface area contributed by atoms with Crippen molar-refractivity contribution in [1.29, 1.82) is 0 Å². The summed E-state index contributed by atoms with van der Waals surface area (Å²) in [6.45, 7) is 4.79. The van der Waals surface area contributed by atoms with Gasteiger partial charge in [-0.15, -0.1) is 11.3 Å². The van der Waals surface area contributed by atoms with Gasteiger partial charge in [-0.25, -0.2) is 13.8 Å². The lowest BCUT2D eigenvalue weighted by molar-refractivity contribution is 0.0826. The van der Waals surface area contributed by atoms with E-state index in [0.717, 1.165) is 29.2 Å². The van der Waals surface area contributed by atoms with Crippen molar-refractivity contribution in [1.82, 2.24) is 15.6 Å². The first-order valence-electron chi connectivity index (χ1n) is 12.6. The van der Waals surface area contributed by atoms with E-state index in [2.05, 4.69) is 34.7 Å². The molecule has 0 bridgehead atoms. The lowest BCUT2D eigenvalue weighted by Crippen LogP contribution is -2.48. The molecule has 38 heavy (non-hydrogen) atoms. The summed E-state index contributed by atoms with van der Waals surface area (Å²) >= 11 is 1.35. The fourth-order valence-corrected chi connectivity index (χ4v) is 4.99. The van der Waals surface area contributed by atoms with Gasteiger partial charge >= 0.3 is 0 Å². The van der Waals surface area contributed by atoms with E-state index in [1.165, 1.54) is 29.0 Å². The molecule has 1 heterocycles. The predicted octanol–water partition coefficient (Wildman–Crippen LogP) is 5.45. The molecule has 1 aromatic heterocycles. The molecule has 1 amide bonds. The van der Waals surface area contributed by atoms with Crippen LogP contribution in [0.25, 0.3) is 10.6 Å². The summed E-state index contributed by atoms with van der Waals surface area (Å²) in [5, 5.41) is 19.4. The number of rotatable bonds is 11. The molecule has 5 nitrogen and oxygen atoms in total. The van der Waals surface area contributed by atoms with Gasteiger partial charge in [0.25, 0.3) is 5.91 Å². The van der Waals surface area contributed by atoms with E-state index in [1.807, 2.05) is 43.3 Å². The molecule has 3 N–H and O–H groups in total. The molecule has 8 heteroatoms. The minimum Gasteiger partial charge on any atom is -0.390 e. The van der Waals surface area contributed by atoms with Gasteiger partial charge in [-0.3, -0.25) is 4.79 Å². The van der Waals surface area contributed by atoms with Crippen LogP contribution >= 0.6 is 11.3 Å². The monoisotopic (exact) mass is 535 g/mol. The van der Waals surface area contributed by atoms with E-state index in [1.54, 1.807) is 5.38 Å². The van der Waals surface area contributed by atoms with E-state index in [-0.39, 0.29) is 18.7 Å². The average molecular weight is 536 g/mol. The Hall–Kier alpha value is -3.46. The molecule has 0 radical (unpaired) electrons. The molecule has 0 unspecified atom stereocenters. The van der Waals surface area contributed by atoms with Crippen molar-refractivity contribution >= 4 is 17.2 Å². The number of aliphatic hydroxyl groups excluding tert-OH is 1. The number of hydrogen-bond donors (Lipinski definition) is 3. The topological polar surface area (TPSA) is 74.2 Å². The van der Waals surface area contributed by atoms with Gasteiger partial charge in [-0.2, -0.15) is 0 Å². The number of carbonyl (C=O) groups is 1. The van der Waals surface area contributed by atoms with Crippen molar-refractivity contribution < 1.29 is 18.7 Å². The Labute approximate surface area is 225 Å². The van der Waals surface area contributed by atoms with Crippen LogP contribution < -0.4 is 10.6 Å². The standard InChI is InChI=1S/C30H31F2N3O2S/c1-3-20-5-4-6-21(11-20)16-33-17-28(36)26(14-22-12-24(31)15-25(32)13-22)34-29(37)27-18-38-30(35-27)23-9-7-19(2)8-10-23/h4-13,15,18,26,28,33,36H,3,14,16-17H2,1-2H3,(H,34,37)/t26-,28-/m0/s1. The smallest absolute Gasteiger partial charge is 0.271 e. The number of carbonyl (C=O) groups excluding carboxylic acids is 1. The highest BCUT2D eigenvalue weighted by molar-refractivity contribution is 7.13. The Morgan fingerprint density at radius 1 is 1.00 bits per heavy atom. The molecule has 0 aliphatic rings. The number of halogens is 2. The van der Waals surface area contributed by atoms with Crippen LogP contribution in [0.4, 0.5) is 8.78 Å². The summed E-state index contributed by atoms with van der Waals surface area (Å²) in [7, 11) is 0. The highest BCUT2D eigenvalue weighted by Crippen LogP contribution is 2.24. The van der Waals surface area contributed by atoms with Crippen molar-refractivity contribution in [2.75, 3.05) is 6.54 Å². The number of aromatic nitrogens is 1. The minimum atomic E-state index is -1.02. The molecule has 0 aliphatic carbocycles. The SMILES string of the molecule is CCc1cccc(CNC[C@H](O)[C@H](Cc2cc(F)cc(F)c2)NC(=O)c2csc(-c3ccc(C)cc3)n2)c1. The van der Waals surface area contributed by atoms with Gasteiger partial charge in [0.05, 0.1) is 12.1 Å². The highest BCUT2D eigenvalue weighted by atomic mass is 32.1. The summed E-state index contributed by atoms with van der Waals surface area (Å²) < 4.78 is 27.7. The average Bonchev–Trinajstić information content (AvgIpc) is 3.39. The molecule has 0 spiro atoms. The maximum Gasteiger partial charge on any atom is 0.271 e. The van der Waals surface area contributed by atoms with Gasteiger partial charge < -0.3 is 15.7 Å². The lowest BCUT2D eigenvalue weighted by atomic mass is 10.00. The van der Waals surface area contributed by atoms with Crippen LogP contribution in [-0.2, 0) is 19.4 Å². The second-order valence-corrected chi connectivity index (χ2v) is 10.2. The lowest BCUT2D eigenvalue weighted by Gasteiger charge is -2.24. The van der Waals surface area contributed by atoms with Gasteiger partial charge in [0, 0.05) is 30.1 Å². The fraction of sp³-hybridized carbons (Fsp3) is 0.267. The number of aliphatic hydroxyl groups is 1. The zero-order chi connectivity index (χ0) is 27.1. The third-order valence-corrected chi connectivity index (χ3v) is 7.17. The first-order valence-corrected chi connectivity index (χ1v) is 13.4. The Morgan fingerprint density at radius 2 is 1.71 bits per heavy atom. The summed E-state index contributed by atoms with van der Waals surface area (Å²) in [6, 6.07) is 18.4. The van der Waals surface area contributed by atoms with Crippen LogP contribution in [0, 0.1) is 18.6 Å². The van der Waals surface area contributed by atoms with Gasteiger partial charge in [-0.05, 0) is 48.6 Å². The van der Waals surface area contributed by atoms with E-state index < -0.39 is 29.7 Å². The van der Waals surface area contributed by atoms with Crippen molar-refractivity contribution in [2.24, 2.45) is 0 Å². The highest BCUT2D eigenvalue weighted by Gasteiger charge is 2.24. The molecule has 0 aliphatic heterocycles. The third-order valence-electron chi connectivity index (χ3n) is 6.28. The second-order valence-electron chi connectivity index (χ2n) is 9.34. The summed E-state index contributed by atoms with van der Waals surface area (Å²) in [5.41, 5.74) is 4.88. The maximum absolute atomic E-state index is 13.8. The molecule has 0 saturated carbocycles. The zero-order valence-corrected chi connectivity index (χ0v) is 22.2. The molecule has 4 rings (SSSR count). The van der Waals surface area contributed by atoms with E-state index in [9.17, 15) is 18.7 Å². The quantitative estimate of drug-likeness (QED) is 0.239. The van der Waals surface area contributed by atoms with Gasteiger partial charge in [0.15, 0.2) is 0 Å². The minimum absolute atomic E-state index is 0.0452. The first-order chi connectivity index (χ1) is 18.3. The van der Waals surface area contributed by atoms with Crippen molar-refractivity contribution in [2.45, 2.75) is 45.4 Å². The summed E-state index contributed by atoms with van der Waals surface area (Å²) in [4.78, 5) is 17.6. The van der Waals surface area contributed by atoms with Crippen LogP contribution in [0.3, 0.4) is 0 Å². The zero-order valence-electron chi connectivity index (χ0n) is 21.4. The number of thiazole rings is 1. The van der Waals surface area contributed by atoms with Crippen LogP contribution in [0.15, 0.2) is 72.1 Å². The van der Waals surface area contributed by atoms with E-state index in [0.29, 0.717) is 17.1 Å². The number of nitrogens with zero attached hydrogens (tertiary/aromatic N) is 1. The normalized spacial score (nSPS) is 12.8. The number of aryl methyl sites for hydroxylation is 2. The van der Waals surface area contributed by atoms with Crippen LogP contribution in [0.5, 0.6) is 0 Å². The van der Waals surface area contributed by atoms with E-state index >= 15 is 0 Å². The number of benzene rings is 3. The fourth-order valence-electron chi connectivity index (χ4n) is 4.18. The second kappa shape index (κ2) is 12.9. The largest absolute Gasteiger partial charge is 0.390 e. The third kappa shape index (κ3) is 7.54. The Morgan fingerprint density at radius 3 is 2.42 bits per heavy atom. The van der Waals surface area contributed by atoms with Crippen molar-refractivity contribution in [3.8, 4) is 10.6 Å². The van der Waals surface area contributed by atoms with Crippen molar-refractivity contribution in [3.05, 3.63) is 112 Å². The number of amides is 1. The van der Waals surface area contributed by atoms with Gasteiger partial charge in [0.2, 0.25) is 0 Å². The maximum atomic E-state index is 13.8. The molecular weight excluding hydrogens is 504 g/mol. The van der Waals surface area contributed by atoms with Crippen LogP contribution in [-0.4, -0.2) is 34.7 Å². The Balaban J connectivity index is 1.46. The van der Waals surface area contributed by atoms with Crippen LogP contribution in [0.1, 0.15) is 39.7 Å². The van der Waals surface area contributed by atoms with Crippen LogP contribution in [0.2, 0.25) is 0 Å². The molecule has 198 valence electrons. The number of nitrogens with one attached hydrogen (secondary N) is 2. The number of hydrogen-bond acceptors (Lipinski definition) is 5. The summed E-state index contributed by atoms with van der Waals surface area (Å²) in [5.74, 6) is -1.89. The van der Waals surface area contributed by atoms with Crippen molar-refractivity contribution in [3.63, 3.8) is 0 Å². The van der Waals surface area contributed by atoms with Gasteiger partial charge in [-0.1, -0.05) is 61.0 Å². The first kappa shape index (κ1) is 27.6. The molecule has 2 atom stereocenters. The molecule has 3 aromatic carbocycles.